The second-order valence-corrected chi connectivity index (χ2v) is 5.63. The van der Waals surface area contributed by atoms with Crippen molar-refractivity contribution in [3.05, 3.63) is 11.9 Å². The van der Waals surface area contributed by atoms with Gasteiger partial charge in [-0.15, -0.1) is 0 Å². The summed E-state index contributed by atoms with van der Waals surface area (Å²) in [5.74, 6) is 2.04. The molecule has 0 aliphatic rings. The Labute approximate surface area is 109 Å². The molecule has 98 valence electrons. The van der Waals surface area contributed by atoms with Crippen molar-refractivity contribution in [2.24, 2.45) is 5.41 Å². The van der Waals surface area contributed by atoms with Gasteiger partial charge in [0, 0.05) is 19.7 Å². The molecule has 0 atom stereocenters. The summed E-state index contributed by atoms with van der Waals surface area (Å²) in [5, 5.41) is 11.2. The Balaban J connectivity index is 2.79. The van der Waals surface area contributed by atoms with Crippen LogP contribution in [0.15, 0.2) is 6.07 Å². The first-order valence-corrected chi connectivity index (χ1v) is 6.04. The standard InChI is InChI=1S/C13H21N5/c1-10-16-11(15-9-14)8-12(17-10)18(5)7-6-13(2,3)4/h8H,6-7H2,1-5H3,(H,15,16,17). The fraction of sp³-hybridized carbons (Fsp3) is 0.615. The van der Waals surface area contributed by atoms with Crippen molar-refractivity contribution in [3.8, 4) is 6.19 Å². The van der Waals surface area contributed by atoms with Crippen LogP contribution in [0.4, 0.5) is 11.6 Å². The van der Waals surface area contributed by atoms with E-state index >= 15 is 0 Å². The first kappa shape index (κ1) is 14.2. The van der Waals surface area contributed by atoms with Crippen LogP contribution in [0.1, 0.15) is 33.0 Å². The molecule has 1 aromatic heterocycles. The molecule has 0 aliphatic carbocycles. The number of nitriles is 1. The lowest BCUT2D eigenvalue weighted by Gasteiger charge is -2.24. The minimum Gasteiger partial charge on any atom is -0.359 e. The van der Waals surface area contributed by atoms with Gasteiger partial charge in [0.1, 0.15) is 17.5 Å². The Hall–Kier alpha value is -1.83. The number of nitrogens with one attached hydrogen (secondary N) is 1. The lowest BCUT2D eigenvalue weighted by atomic mass is 9.92. The van der Waals surface area contributed by atoms with Crippen molar-refractivity contribution in [3.63, 3.8) is 0 Å². The van der Waals surface area contributed by atoms with Crippen LogP contribution in [0.5, 0.6) is 0 Å². The third kappa shape index (κ3) is 4.58. The minimum absolute atomic E-state index is 0.296. The molecule has 1 aromatic rings. The van der Waals surface area contributed by atoms with Crippen LogP contribution in [0.3, 0.4) is 0 Å². The maximum absolute atomic E-state index is 8.61. The van der Waals surface area contributed by atoms with Gasteiger partial charge in [0.2, 0.25) is 0 Å². The van der Waals surface area contributed by atoms with Gasteiger partial charge in [-0.1, -0.05) is 20.8 Å². The van der Waals surface area contributed by atoms with E-state index in [1.54, 1.807) is 6.07 Å². The van der Waals surface area contributed by atoms with Gasteiger partial charge in [-0.2, -0.15) is 5.26 Å². The maximum Gasteiger partial charge on any atom is 0.182 e. The molecule has 5 heteroatoms. The van der Waals surface area contributed by atoms with E-state index in [-0.39, 0.29) is 0 Å². The summed E-state index contributed by atoms with van der Waals surface area (Å²) in [6, 6.07) is 1.79. The molecule has 1 heterocycles. The van der Waals surface area contributed by atoms with E-state index in [0.717, 1.165) is 18.8 Å². The average Bonchev–Trinajstić information content (AvgIpc) is 2.24. The van der Waals surface area contributed by atoms with Gasteiger partial charge in [-0.05, 0) is 18.8 Å². The highest BCUT2D eigenvalue weighted by Crippen LogP contribution is 2.21. The lowest BCUT2D eigenvalue weighted by Crippen LogP contribution is -2.24. The van der Waals surface area contributed by atoms with Gasteiger partial charge in [0.05, 0.1) is 0 Å². The maximum atomic E-state index is 8.61. The Morgan fingerprint density at radius 3 is 2.61 bits per heavy atom. The van der Waals surface area contributed by atoms with Crippen LogP contribution in [0, 0.1) is 23.8 Å². The van der Waals surface area contributed by atoms with Gasteiger partial charge in [0.25, 0.3) is 0 Å². The summed E-state index contributed by atoms with van der Waals surface area (Å²) < 4.78 is 0. The molecule has 0 radical (unpaired) electrons. The molecule has 18 heavy (non-hydrogen) atoms. The number of aromatic nitrogens is 2. The Kier molecular flexibility index (Phi) is 4.49. The zero-order chi connectivity index (χ0) is 13.8. The zero-order valence-electron chi connectivity index (χ0n) is 11.8. The number of hydrogen-bond donors (Lipinski definition) is 1. The molecule has 0 saturated carbocycles. The summed E-state index contributed by atoms with van der Waals surface area (Å²) >= 11 is 0. The highest BCUT2D eigenvalue weighted by atomic mass is 15.2. The molecule has 1 N–H and O–H groups in total. The molecule has 5 nitrogen and oxygen atoms in total. The number of hydrogen-bond acceptors (Lipinski definition) is 5. The SMILES string of the molecule is Cc1nc(NC#N)cc(N(C)CCC(C)(C)C)n1. The van der Waals surface area contributed by atoms with Crippen molar-refractivity contribution in [2.75, 3.05) is 23.8 Å². The molecular weight excluding hydrogens is 226 g/mol. The predicted octanol–water partition coefficient (Wildman–Crippen LogP) is 2.55. The Bertz CT molecular complexity index is 442. The average molecular weight is 247 g/mol. The van der Waals surface area contributed by atoms with Gasteiger partial charge in [-0.3, -0.25) is 5.32 Å². The van der Waals surface area contributed by atoms with Crippen LogP contribution >= 0.6 is 0 Å². The molecule has 0 amide bonds. The van der Waals surface area contributed by atoms with Crippen molar-refractivity contribution in [2.45, 2.75) is 34.1 Å². The second kappa shape index (κ2) is 5.67. The van der Waals surface area contributed by atoms with E-state index in [0.29, 0.717) is 17.1 Å². The first-order valence-electron chi connectivity index (χ1n) is 6.04. The van der Waals surface area contributed by atoms with E-state index in [2.05, 4.69) is 41.0 Å². The fourth-order valence-electron chi connectivity index (χ4n) is 1.49. The molecule has 0 fully saturated rings. The molecule has 0 saturated heterocycles. The van der Waals surface area contributed by atoms with E-state index in [9.17, 15) is 0 Å². The summed E-state index contributed by atoms with van der Waals surface area (Å²) in [7, 11) is 2.00. The van der Waals surface area contributed by atoms with Crippen LogP contribution in [0.2, 0.25) is 0 Å². The van der Waals surface area contributed by atoms with Crippen LogP contribution in [0.25, 0.3) is 0 Å². The normalized spacial score (nSPS) is 10.9. The summed E-state index contributed by atoms with van der Waals surface area (Å²) in [5.41, 5.74) is 0.296. The van der Waals surface area contributed by atoms with E-state index in [1.165, 1.54) is 0 Å². The Morgan fingerprint density at radius 1 is 1.39 bits per heavy atom. The number of anilines is 2. The highest BCUT2D eigenvalue weighted by Gasteiger charge is 2.13. The van der Waals surface area contributed by atoms with Crippen molar-refractivity contribution >= 4 is 11.6 Å². The van der Waals surface area contributed by atoms with Crippen molar-refractivity contribution in [1.82, 2.24) is 9.97 Å². The fourth-order valence-corrected chi connectivity index (χ4v) is 1.49. The van der Waals surface area contributed by atoms with Gasteiger partial charge < -0.3 is 4.90 Å². The number of aryl methyl sites for hydroxylation is 1. The van der Waals surface area contributed by atoms with Crippen LogP contribution < -0.4 is 10.2 Å². The zero-order valence-corrected chi connectivity index (χ0v) is 11.8. The molecule has 1 rings (SSSR count). The molecular formula is C13H21N5. The third-order valence-corrected chi connectivity index (χ3v) is 2.60. The van der Waals surface area contributed by atoms with E-state index < -0.39 is 0 Å². The third-order valence-electron chi connectivity index (χ3n) is 2.60. The topological polar surface area (TPSA) is 64.8 Å². The largest absolute Gasteiger partial charge is 0.359 e. The van der Waals surface area contributed by atoms with Gasteiger partial charge in [0.15, 0.2) is 6.19 Å². The molecule has 0 aromatic carbocycles. The molecule has 0 bridgehead atoms. The molecule has 0 spiro atoms. The summed E-state index contributed by atoms with van der Waals surface area (Å²) in [6.07, 6.45) is 2.95. The van der Waals surface area contributed by atoms with Gasteiger partial charge in [-0.25, -0.2) is 9.97 Å². The number of nitrogens with zero attached hydrogens (tertiary/aromatic N) is 4. The van der Waals surface area contributed by atoms with Crippen LogP contribution in [-0.2, 0) is 0 Å². The van der Waals surface area contributed by atoms with E-state index in [4.69, 9.17) is 5.26 Å². The van der Waals surface area contributed by atoms with Crippen LogP contribution in [-0.4, -0.2) is 23.6 Å². The lowest BCUT2D eigenvalue weighted by molar-refractivity contribution is 0.381. The smallest absolute Gasteiger partial charge is 0.182 e. The second-order valence-electron chi connectivity index (χ2n) is 5.63. The van der Waals surface area contributed by atoms with Crippen molar-refractivity contribution in [1.29, 1.82) is 5.26 Å². The Morgan fingerprint density at radius 2 is 2.06 bits per heavy atom. The monoisotopic (exact) mass is 247 g/mol. The molecule has 0 aliphatic heterocycles. The number of rotatable bonds is 4. The first-order chi connectivity index (χ1) is 8.31. The van der Waals surface area contributed by atoms with Crippen molar-refractivity contribution < 1.29 is 0 Å². The van der Waals surface area contributed by atoms with E-state index in [1.807, 2.05) is 20.2 Å². The summed E-state index contributed by atoms with van der Waals surface area (Å²) in [6.45, 7) is 9.40. The van der Waals surface area contributed by atoms with Gasteiger partial charge >= 0.3 is 0 Å². The highest BCUT2D eigenvalue weighted by molar-refractivity contribution is 5.50. The predicted molar refractivity (Wildman–Crippen MR) is 73.3 cm³/mol. The molecule has 0 unspecified atom stereocenters. The summed E-state index contributed by atoms with van der Waals surface area (Å²) in [4.78, 5) is 10.6. The quantitative estimate of drug-likeness (QED) is 0.654. The minimum atomic E-state index is 0.296.